The Morgan fingerprint density at radius 2 is 1.81 bits per heavy atom. The highest BCUT2D eigenvalue weighted by Gasteiger charge is 2.37. The van der Waals surface area contributed by atoms with Crippen LogP contribution in [-0.4, -0.2) is 31.2 Å². The second-order valence-corrected chi connectivity index (χ2v) is 8.35. The van der Waals surface area contributed by atoms with E-state index in [1.807, 2.05) is 0 Å². The molecule has 1 unspecified atom stereocenters. The van der Waals surface area contributed by atoms with E-state index in [1.54, 1.807) is 24.3 Å². The lowest BCUT2D eigenvalue weighted by molar-refractivity contribution is -0.120. The van der Waals surface area contributed by atoms with Crippen molar-refractivity contribution in [1.29, 1.82) is 0 Å². The number of hydrogen-bond donors (Lipinski definition) is 1. The highest BCUT2D eigenvalue weighted by molar-refractivity contribution is 7.89. The molecule has 1 amide bonds. The number of amides is 1. The van der Waals surface area contributed by atoms with Gasteiger partial charge in [-0.3, -0.25) is 4.79 Å². The Morgan fingerprint density at radius 1 is 1.12 bits per heavy atom. The van der Waals surface area contributed by atoms with Crippen LogP contribution in [0.3, 0.4) is 0 Å². The average molecular weight is 397 g/mol. The minimum atomic E-state index is -3.90. The summed E-state index contributed by atoms with van der Waals surface area (Å²) in [7, 11) is -3.90. The van der Waals surface area contributed by atoms with Crippen molar-refractivity contribution < 1.29 is 17.6 Å². The second kappa shape index (κ2) is 7.73. The Hall–Kier alpha value is -1.96. The van der Waals surface area contributed by atoms with E-state index in [1.165, 1.54) is 16.4 Å². The Morgan fingerprint density at radius 3 is 2.50 bits per heavy atom. The van der Waals surface area contributed by atoms with Crippen molar-refractivity contribution in [2.24, 2.45) is 0 Å². The van der Waals surface area contributed by atoms with Crippen LogP contribution in [-0.2, 0) is 14.8 Å². The molecule has 1 aliphatic heterocycles. The molecule has 0 bridgehead atoms. The van der Waals surface area contributed by atoms with Crippen molar-refractivity contribution in [2.45, 2.75) is 30.2 Å². The maximum atomic E-state index is 13.1. The molecule has 1 saturated heterocycles. The maximum Gasteiger partial charge on any atom is 0.243 e. The van der Waals surface area contributed by atoms with Crippen LogP contribution < -0.4 is 5.32 Å². The zero-order chi connectivity index (χ0) is 18.7. The first-order chi connectivity index (χ1) is 12.4. The third kappa shape index (κ3) is 3.90. The topological polar surface area (TPSA) is 66.5 Å². The molecule has 1 aliphatic rings. The molecule has 2 aromatic carbocycles. The summed E-state index contributed by atoms with van der Waals surface area (Å²) in [6.07, 6.45) is 1.82. The first-order valence-electron chi connectivity index (χ1n) is 8.22. The molecule has 1 fully saturated rings. The van der Waals surface area contributed by atoms with Gasteiger partial charge in [-0.2, -0.15) is 4.31 Å². The van der Waals surface area contributed by atoms with Crippen LogP contribution in [0.5, 0.6) is 0 Å². The Labute approximate surface area is 156 Å². The van der Waals surface area contributed by atoms with Crippen molar-refractivity contribution >= 4 is 33.2 Å². The van der Waals surface area contributed by atoms with E-state index < -0.39 is 27.8 Å². The van der Waals surface area contributed by atoms with E-state index in [2.05, 4.69) is 5.32 Å². The standard InChI is InChI=1S/C18H18ClFN2O3S/c19-15-5-1-2-6-16(15)21-18(23)17-7-3-4-12-22(17)26(24,25)14-10-8-13(20)9-11-14/h1-2,5-6,8-11,17H,3-4,7,12H2,(H,21,23). The largest absolute Gasteiger partial charge is 0.323 e. The summed E-state index contributed by atoms with van der Waals surface area (Å²) in [6.45, 7) is 0.236. The SMILES string of the molecule is O=C(Nc1ccccc1Cl)C1CCCCN1S(=O)(=O)c1ccc(F)cc1. The van der Waals surface area contributed by atoms with E-state index in [0.29, 0.717) is 23.6 Å². The second-order valence-electron chi connectivity index (χ2n) is 6.05. The fraction of sp³-hybridized carbons (Fsp3) is 0.278. The van der Waals surface area contributed by atoms with Crippen LogP contribution in [0.2, 0.25) is 5.02 Å². The number of piperidine rings is 1. The number of benzene rings is 2. The molecule has 0 radical (unpaired) electrons. The molecule has 0 saturated carbocycles. The smallest absolute Gasteiger partial charge is 0.243 e. The lowest BCUT2D eigenvalue weighted by Crippen LogP contribution is -2.49. The number of hydrogen-bond acceptors (Lipinski definition) is 3. The fourth-order valence-electron chi connectivity index (χ4n) is 2.98. The third-order valence-electron chi connectivity index (χ3n) is 4.31. The highest BCUT2D eigenvalue weighted by atomic mass is 35.5. The molecule has 0 aromatic heterocycles. The molecule has 138 valence electrons. The van der Waals surface area contributed by atoms with Crippen LogP contribution >= 0.6 is 11.6 Å². The Kier molecular flexibility index (Phi) is 5.60. The summed E-state index contributed by atoms with van der Waals surface area (Å²) in [5, 5.41) is 3.08. The predicted molar refractivity (Wildman–Crippen MR) is 98.0 cm³/mol. The number of halogens is 2. The van der Waals surface area contributed by atoms with Gasteiger partial charge in [0.1, 0.15) is 11.9 Å². The third-order valence-corrected chi connectivity index (χ3v) is 6.56. The number of carbonyl (C=O) groups excluding carboxylic acids is 1. The van der Waals surface area contributed by atoms with Gasteiger partial charge < -0.3 is 5.32 Å². The molecule has 1 heterocycles. The minimum absolute atomic E-state index is 0.0312. The number of anilines is 1. The number of para-hydroxylation sites is 1. The molecule has 5 nitrogen and oxygen atoms in total. The van der Waals surface area contributed by atoms with Crippen molar-refractivity contribution in [1.82, 2.24) is 4.31 Å². The lowest BCUT2D eigenvalue weighted by atomic mass is 10.0. The molecule has 3 rings (SSSR count). The van der Waals surface area contributed by atoms with Gasteiger partial charge >= 0.3 is 0 Å². The van der Waals surface area contributed by atoms with Gasteiger partial charge in [0, 0.05) is 6.54 Å². The molecule has 1 N–H and O–H groups in total. The molecular formula is C18H18ClFN2O3S. The van der Waals surface area contributed by atoms with Crippen molar-refractivity contribution in [3.8, 4) is 0 Å². The summed E-state index contributed by atoms with van der Waals surface area (Å²) in [5.41, 5.74) is 0.434. The molecule has 26 heavy (non-hydrogen) atoms. The predicted octanol–water partition coefficient (Wildman–Crippen LogP) is 3.66. The summed E-state index contributed by atoms with van der Waals surface area (Å²) in [6, 6.07) is 10.5. The number of carbonyl (C=O) groups is 1. The van der Waals surface area contributed by atoms with Crippen LogP contribution in [0.25, 0.3) is 0 Å². The molecule has 8 heteroatoms. The van der Waals surface area contributed by atoms with Gasteiger partial charge in [-0.05, 0) is 49.2 Å². The van der Waals surface area contributed by atoms with E-state index in [9.17, 15) is 17.6 Å². The van der Waals surface area contributed by atoms with E-state index in [4.69, 9.17) is 11.6 Å². The van der Waals surface area contributed by atoms with Gasteiger partial charge in [-0.25, -0.2) is 12.8 Å². The van der Waals surface area contributed by atoms with Gasteiger partial charge in [-0.15, -0.1) is 0 Å². The quantitative estimate of drug-likeness (QED) is 0.857. The van der Waals surface area contributed by atoms with Gasteiger partial charge in [0.05, 0.1) is 15.6 Å². The van der Waals surface area contributed by atoms with Crippen LogP contribution in [0.1, 0.15) is 19.3 Å². The molecular weight excluding hydrogens is 379 g/mol. The van der Waals surface area contributed by atoms with Gasteiger partial charge in [-0.1, -0.05) is 30.2 Å². The van der Waals surface area contributed by atoms with Crippen LogP contribution in [0.4, 0.5) is 10.1 Å². The van der Waals surface area contributed by atoms with E-state index in [0.717, 1.165) is 18.6 Å². The number of rotatable bonds is 4. The van der Waals surface area contributed by atoms with Gasteiger partial charge in [0.15, 0.2) is 0 Å². The summed E-state index contributed by atoms with van der Waals surface area (Å²) >= 11 is 6.06. The Balaban J connectivity index is 1.86. The first kappa shape index (κ1) is 18.8. The van der Waals surface area contributed by atoms with Crippen molar-refractivity contribution in [3.05, 3.63) is 59.4 Å². The summed E-state index contributed by atoms with van der Waals surface area (Å²) in [4.78, 5) is 12.7. The maximum absolute atomic E-state index is 13.1. The first-order valence-corrected chi connectivity index (χ1v) is 10.0. The summed E-state index contributed by atoms with van der Waals surface area (Å²) < 4.78 is 40.2. The lowest BCUT2D eigenvalue weighted by Gasteiger charge is -2.33. The van der Waals surface area contributed by atoms with Crippen molar-refractivity contribution in [3.63, 3.8) is 0 Å². The number of nitrogens with one attached hydrogen (secondary N) is 1. The Bertz CT molecular complexity index is 903. The summed E-state index contributed by atoms with van der Waals surface area (Å²) in [5.74, 6) is -0.945. The zero-order valence-electron chi connectivity index (χ0n) is 13.9. The molecule has 0 aliphatic carbocycles. The van der Waals surface area contributed by atoms with E-state index >= 15 is 0 Å². The average Bonchev–Trinajstić information content (AvgIpc) is 2.64. The molecule has 1 atom stereocenters. The molecule has 2 aromatic rings. The normalized spacial score (nSPS) is 18.5. The monoisotopic (exact) mass is 396 g/mol. The van der Waals surface area contributed by atoms with Crippen LogP contribution in [0, 0.1) is 5.82 Å². The van der Waals surface area contributed by atoms with E-state index in [-0.39, 0.29) is 11.4 Å². The van der Waals surface area contributed by atoms with Crippen molar-refractivity contribution in [2.75, 3.05) is 11.9 Å². The minimum Gasteiger partial charge on any atom is -0.323 e. The van der Waals surface area contributed by atoms with Gasteiger partial charge in [0.25, 0.3) is 0 Å². The fourth-order valence-corrected chi connectivity index (χ4v) is 4.81. The number of nitrogens with zero attached hydrogens (tertiary/aromatic N) is 1. The number of sulfonamides is 1. The van der Waals surface area contributed by atoms with Crippen LogP contribution in [0.15, 0.2) is 53.4 Å². The zero-order valence-corrected chi connectivity index (χ0v) is 15.4. The highest BCUT2D eigenvalue weighted by Crippen LogP contribution is 2.27. The molecule has 0 spiro atoms. The van der Waals surface area contributed by atoms with Gasteiger partial charge in [0.2, 0.25) is 15.9 Å².